The lowest BCUT2D eigenvalue weighted by molar-refractivity contribution is -0.150. The largest absolute Gasteiger partial charge is 0.468 e. The van der Waals surface area contributed by atoms with Gasteiger partial charge in [-0.3, -0.25) is 9.59 Å². The molecule has 4 nitrogen and oxygen atoms in total. The molecule has 1 unspecified atom stereocenters. The summed E-state index contributed by atoms with van der Waals surface area (Å²) in [5.74, 6) is -1.49. The summed E-state index contributed by atoms with van der Waals surface area (Å²) >= 11 is 0. The van der Waals surface area contributed by atoms with Crippen LogP contribution < -0.4 is 5.32 Å². The van der Waals surface area contributed by atoms with Crippen molar-refractivity contribution in [3.05, 3.63) is 34.9 Å². The minimum absolute atomic E-state index is 0.283. The molecule has 1 aromatic rings. The molecule has 4 heteroatoms. The minimum atomic E-state index is -0.726. The Morgan fingerprint density at radius 1 is 1.32 bits per heavy atom. The van der Waals surface area contributed by atoms with E-state index in [1.54, 1.807) is 6.92 Å². The molecule has 1 atom stereocenters. The van der Waals surface area contributed by atoms with Gasteiger partial charge in [-0.05, 0) is 31.4 Å². The molecule has 0 heterocycles. The van der Waals surface area contributed by atoms with E-state index in [0.717, 1.165) is 11.1 Å². The highest BCUT2D eigenvalue weighted by Crippen LogP contribution is 2.11. The lowest BCUT2D eigenvalue weighted by Gasteiger charge is -2.14. The number of carbonyl (C=O) groups excluding carboxylic acids is 2. The van der Waals surface area contributed by atoms with E-state index in [0.29, 0.717) is 13.0 Å². The third-order valence-electron chi connectivity index (χ3n) is 3.16. The average Bonchev–Trinajstić information content (AvgIpc) is 2.38. The first-order chi connectivity index (χ1) is 8.99. The molecular formula is C15H21NO3. The molecule has 0 aromatic heterocycles. The zero-order chi connectivity index (χ0) is 14.4. The number of hydrogen-bond donors (Lipinski definition) is 1. The van der Waals surface area contributed by atoms with Gasteiger partial charge in [-0.1, -0.05) is 30.7 Å². The number of esters is 1. The predicted octanol–water partition coefficient (Wildman–Crippen LogP) is 2.12. The Bertz CT molecular complexity index is 468. The van der Waals surface area contributed by atoms with Crippen LogP contribution in [0, 0.1) is 19.8 Å². The molecule has 0 saturated carbocycles. The first-order valence-electron chi connectivity index (χ1n) is 6.41. The van der Waals surface area contributed by atoms with E-state index in [4.69, 9.17) is 0 Å². The Kier molecular flexibility index (Phi) is 5.55. The van der Waals surface area contributed by atoms with Crippen LogP contribution in [0.5, 0.6) is 0 Å². The molecule has 0 spiro atoms. The third kappa shape index (κ3) is 4.09. The van der Waals surface area contributed by atoms with Gasteiger partial charge in [0, 0.05) is 6.54 Å². The molecule has 0 aliphatic carbocycles. The monoisotopic (exact) mass is 263 g/mol. The van der Waals surface area contributed by atoms with Crippen LogP contribution in [0.3, 0.4) is 0 Å². The first kappa shape index (κ1) is 15.2. The van der Waals surface area contributed by atoms with Crippen molar-refractivity contribution in [3.8, 4) is 0 Å². The van der Waals surface area contributed by atoms with Gasteiger partial charge in [0.05, 0.1) is 7.11 Å². The van der Waals surface area contributed by atoms with Crippen LogP contribution in [-0.2, 0) is 20.9 Å². The normalized spacial score (nSPS) is 11.8. The fourth-order valence-electron chi connectivity index (χ4n) is 1.95. The molecule has 1 rings (SSSR count). The topological polar surface area (TPSA) is 55.4 Å². The number of benzene rings is 1. The van der Waals surface area contributed by atoms with E-state index in [9.17, 15) is 9.59 Å². The molecule has 104 valence electrons. The second kappa shape index (κ2) is 6.92. The van der Waals surface area contributed by atoms with E-state index in [1.807, 2.05) is 26.0 Å². The van der Waals surface area contributed by atoms with Crippen molar-refractivity contribution in [2.45, 2.75) is 33.7 Å². The molecule has 1 N–H and O–H groups in total. The van der Waals surface area contributed by atoms with Crippen molar-refractivity contribution in [2.75, 3.05) is 7.11 Å². The molecule has 1 amide bonds. The maximum Gasteiger partial charge on any atom is 0.318 e. The van der Waals surface area contributed by atoms with Crippen LogP contribution in [0.4, 0.5) is 0 Å². The third-order valence-corrected chi connectivity index (χ3v) is 3.16. The summed E-state index contributed by atoms with van der Waals surface area (Å²) < 4.78 is 4.62. The molecular weight excluding hydrogens is 242 g/mol. The molecule has 0 fully saturated rings. The van der Waals surface area contributed by atoms with Gasteiger partial charge in [-0.2, -0.15) is 0 Å². The average molecular weight is 263 g/mol. The molecule has 0 bridgehead atoms. The van der Waals surface area contributed by atoms with Crippen molar-refractivity contribution in [1.29, 1.82) is 0 Å². The lowest BCUT2D eigenvalue weighted by atomic mass is 10.0. The highest BCUT2D eigenvalue weighted by molar-refractivity contribution is 5.97. The number of ether oxygens (including phenoxy) is 1. The standard InChI is InChI=1S/C15H21NO3/c1-5-13(15(18)19-4)14(17)16-9-12-7-6-10(2)8-11(12)3/h6-8,13H,5,9H2,1-4H3,(H,16,17). The molecule has 0 aliphatic heterocycles. The predicted molar refractivity (Wildman–Crippen MR) is 73.6 cm³/mol. The smallest absolute Gasteiger partial charge is 0.318 e. The second-order valence-corrected chi connectivity index (χ2v) is 4.63. The quantitative estimate of drug-likeness (QED) is 0.654. The van der Waals surface area contributed by atoms with Crippen molar-refractivity contribution < 1.29 is 14.3 Å². The summed E-state index contributed by atoms with van der Waals surface area (Å²) in [5.41, 5.74) is 3.37. The number of rotatable bonds is 5. The fraction of sp³-hybridized carbons (Fsp3) is 0.467. The van der Waals surface area contributed by atoms with Crippen LogP contribution >= 0.6 is 0 Å². The zero-order valence-corrected chi connectivity index (χ0v) is 11.9. The Balaban J connectivity index is 2.65. The van der Waals surface area contributed by atoms with Gasteiger partial charge in [0.15, 0.2) is 0 Å². The Morgan fingerprint density at radius 3 is 2.53 bits per heavy atom. The number of carbonyl (C=O) groups is 2. The van der Waals surface area contributed by atoms with E-state index in [-0.39, 0.29) is 5.91 Å². The molecule has 19 heavy (non-hydrogen) atoms. The number of aryl methyl sites for hydroxylation is 2. The molecule has 0 saturated heterocycles. The van der Waals surface area contributed by atoms with Crippen LogP contribution in [0.25, 0.3) is 0 Å². The zero-order valence-electron chi connectivity index (χ0n) is 11.9. The summed E-state index contributed by atoms with van der Waals surface area (Å²) in [7, 11) is 1.29. The maximum atomic E-state index is 11.9. The molecule has 1 aromatic carbocycles. The summed E-state index contributed by atoms with van der Waals surface area (Å²) in [6, 6.07) is 6.06. The van der Waals surface area contributed by atoms with E-state index < -0.39 is 11.9 Å². The highest BCUT2D eigenvalue weighted by Gasteiger charge is 2.25. The van der Waals surface area contributed by atoms with Gasteiger partial charge >= 0.3 is 5.97 Å². The SMILES string of the molecule is CCC(C(=O)NCc1ccc(C)cc1C)C(=O)OC. The van der Waals surface area contributed by atoms with Gasteiger partial charge in [0.2, 0.25) is 5.91 Å². The number of hydrogen-bond acceptors (Lipinski definition) is 3. The number of methoxy groups -OCH3 is 1. The van der Waals surface area contributed by atoms with Crippen LogP contribution in [-0.4, -0.2) is 19.0 Å². The van der Waals surface area contributed by atoms with Crippen molar-refractivity contribution in [2.24, 2.45) is 5.92 Å². The van der Waals surface area contributed by atoms with Gasteiger partial charge in [-0.15, -0.1) is 0 Å². The van der Waals surface area contributed by atoms with E-state index in [2.05, 4.69) is 16.1 Å². The van der Waals surface area contributed by atoms with Gasteiger partial charge in [0.25, 0.3) is 0 Å². The Morgan fingerprint density at radius 2 is 2.00 bits per heavy atom. The fourth-order valence-corrected chi connectivity index (χ4v) is 1.95. The van der Waals surface area contributed by atoms with Gasteiger partial charge < -0.3 is 10.1 Å². The molecule has 0 aliphatic rings. The minimum Gasteiger partial charge on any atom is -0.468 e. The summed E-state index contributed by atoms with van der Waals surface area (Å²) in [5, 5.41) is 2.79. The number of amides is 1. The molecule has 0 radical (unpaired) electrons. The van der Waals surface area contributed by atoms with Gasteiger partial charge in [-0.25, -0.2) is 0 Å². The Hall–Kier alpha value is -1.84. The summed E-state index contributed by atoms with van der Waals surface area (Å²) in [4.78, 5) is 23.3. The lowest BCUT2D eigenvalue weighted by Crippen LogP contribution is -2.35. The van der Waals surface area contributed by atoms with Crippen LogP contribution in [0.15, 0.2) is 18.2 Å². The van der Waals surface area contributed by atoms with Crippen LogP contribution in [0.2, 0.25) is 0 Å². The maximum absolute atomic E-state index is 11.9. The number of nitrogens with one attached hydrogen (secondary N) is 1. The van der Waals surface area contributed by atoms with Crippen molar-refractivity contribution in [1.82, 2.24) is 5.32 Å². The Labute approximate surface area is 114 Å². The van der Waals surface area contributed by atoms with Gasteiger partial charge in [0.1, 0.15) is 5.92 Å². The van der Waals surface area contributed by atoms with Crippen LogP contribution in [0.1, 0.15) is 30.0 Å². The first-order valence-corrected chi connectivity index (χ1v) is 6.41. The van der Waals surface area contributed by atoms with E-state index >= 15 is 0 Å². The summed E-state index contributed by atoms with van der Waals surface area (Å²) in [6.07, 6.45) is 0.436. The summed E-state index contributed by atoms with van der Waals surface area (Å²) in [6.45, 7) is 6.25. The second-order valence-electron chi connectivity index (χ2n) is 4.63. The van der Waals surface area contributed by atoms with Crippen molar-refractivity contribution >= 4 is 11.9 Å². The van der Waals surface area contributed by atoms with Crippen molar-refractivity contribution in [3.63, 3.8) is 0 Å². The van der Waals surface area contributed by atoms with E-state index in [1.165, 1.54) is 12.7 Å². The highest BCUT2D eigenvalue weighted by atomic mass is 16.5.